The van der Waals surface area contributed by atoms with Gasteiger partial charge < -0.3 is 29.4 Å². The van der Waals surface area contributed by atoms with Crippen molar-refractivity contribution < 1.29 is 33.8 Å². The number of ether oxygens (including phenoxy) is 2. The van der Waals surface area contributed by atoms with Gasteiger partial charge in [0.05, 0.1) is 12.9 Å². The number of carbonyl (C=O) groups excluding carboxylic acids is 3. The van der Waals surface area contributed by atoms with E-state index in [4.69, 9.17) is 9.47 Å². The van der Waals surface area contributed by atoms with Crippen molar-refractivity contribution in [3.8, 4) is 0 Å². The summed E-state index contributed by atoms with van der Waals surface area (Å²) < 4.78 is 11.9. The number of carbonyl (C=O) groups is 4. The highest BCUT2D eigenvalue weighted by atomic mass is 16.6. The molecule has 4 aromatic rings. The van der Waals surface area contributed by atoms with Crippen LogP contribution in [0, 0.1) is 13.8 Å². The van der Waals surface area contributed by atoms with Crippen molar-refractivity contribution in [2.24, 2.45) is 0 Å². The van der Waals surface area contributed by atoms with Crippen molar-refractivity contribution in [1.29, 1.82) is 0 Å². The Morgan fingerprint density at radius 2 is 1.63 bits per heavy atom. The largest absolute Gasteiger partial charge is 0.480 e. The number of anilines is 1. The van der Waals surface area contributed by atoms with Gasteiger partial charge in [0.15, 0.2) is 17.3 Å². The number of hydrogen-bond donors (Lipinski definition) is 4. The molecular formula is C31H35N7O8. The van der Waals surface area contributed by atoms with Crippen molar-refractivity contribution >= 4 is 41.2 Å². The van der Waals surface area contributed by atoms with Gasteiger partial charge in [0, 0.05) is 13.1 Å². The number of H-pyrrole nitrogens is 1. The summed E-state index contributed by atoms with van der Waals surface area (Å²) in [5.41, 5.74) is 2.86. The maximum atomic E-state index is 13.2. The third-order valence-electron chi connectivity index (χ3n) is 6.75. The van der Waals surface area contributed by atoms with Gasteiger partial charge in [-0.05, 0) is 31.4 Å². The summed E-state index contributed by atoms with van der Waals surface area (Å²) in [6, 6.07) is 15.2. The molecule has 0 bridgehead atoms. The Bertz CT molecular complexity index is 1700. The fourth-order valence-corrected chi connectivity index (χ4v) is 4.41. The zero-order chi connectivity index (χ0) is 33.2. The van der Waals surface area contributed by atoms with E-state index in [1.807, 2.05) is 69.3 Å². The smallest absolute Gasteiger partial charge is 0.413 e. The van der Waals surface area contributed by atoms with E-state index in [1.165, 1.54) is 10.9 Å². The van der Waals surface area contributed by atoms with Gasteiger partial charge in [-0.25, -0.2) is 14.6 Å². The van der Waals surface area contributed by atoms with Gasteiger partial charge in [0.2, 0.25) is 11.9 Å². The lowest BCUT2D eigenvalue weighted by Gasteiger charge is -2.22. The molecular weight excluding hydrogens is 598 g/mol. The van der Waals surface area contributed by atoms with E-state index in [2.05, 4.69) is 25.6 Å². The second-order valence-corrected chi connectivity index (χ2v) is 10.5. The topological polar surface area (TPSA) is 198 Å². The molecule has 0 saturated carbocycles. The predicted molar refractivity (Wildman–Crippen MR) is 166 cm³/mol. The summed E-state index contributed by atoms with van der Waals surface area (Å²) >= 11 is 0. The maximum absolute atomic E-state index is 13.2. The summed E-state index contributed by atoms with van der Waals surface area (Å²) in [4.78, 5) is 73.6. The van der Waals surface area contributed by atoms with Crippen LogP contribution in [0.15, 0.2) is 59.7 Å². The van der Waals surface area contributed by atoms with E-state index in [0.717, 1.165) is 27.2 Å². The molecule has 242 valence electrons. The van der Waals surface area contributed by atoms with Crippen LogP contribution < -0.4 is 16.2 Å². The Kier molecular flexibility index (Phi) is 11.0. The van der Waals surface area contributed by atoms with Crippen LogP contribution in [0.4, 0.5) is 15.5 Å². The van der Waals surface area contributed by atoms with Crippen LogP contribution in [-0.4, -0.2) is 79.8 Å². The summed E-state index contributed by atoms with van der Waals surface area (Å²) in [5, 5.41) is 14.3. The molecule has 0 saturated heterocycles. The summed E-state index contributed by atoms with van der Waals surface area (Å²) in [6.07, 6.45) is -0.481. The van der Waals surface area contributed by atoms with E-state index >= 15 is 0 Å². The quantitative estimate of drug-likeness (QED) is 0.170. The molecule has 0 radical (unpaired) electrons. The van der Waals surface area contributed by atoms with Crippen LogP contribution in [0.25, 0.3) is 11.2 Å². The first-order valence-corrected chi connectivity index (χ1v) is 14.5. The number of amides is 3. The van der Waals surface area contributed by atoms with Gasteiger partial charge in [-0.2, -0.15) is 4.98 Å². The number of nitrogens with zero attached hydrogens (tertiary/aromatic N) is 4. The molecule has 0 unspecified atom stereocenters. The lowest BCUT2D eigenvalue weighted by molar-refractivity contribution is -0.144. The normalized spacial score (nSPS) is 10.9. The Morgan fingerprint density at radius 1 is 1.00 bits per heavy atom. The van der Waals surface area contributed by atoms with Crippen molar-refractivity contribution in [1.82, 2.24) is 29.7 Å². The molecule has 2 aromatic heterocycles. The third kappa shape index (κ3) is 8.90. The number of hydrogen-bond acceptors (Lipinski definition) is 9. The van der Waals surface area contributed by atoms with E-state index in [-0.39, 0.29) is 36.8 Å². The maximum Gasteiger partial charge on any atom is 0.413 e. The average molecular weight is 634 g/mol. The fourth-order valence-electron chi connectivity index (χ4n) is 4.41. The Morgan fingerprint density at radius 3 is 2.22 bits per heavy atom. The van der Waals surface area contributed by atoms with Gasteiger partial charge in [0.25, 0.3) is 5.56 Å². The highest BCUT2D eigenvalue weighted by Crippen LogP contribution is 2.27. The first-order chi connectivity index (χ1) is 22.0. The Balaban J connectivity index is 1.42. The molecule has 15 nitrogen and oxygen atoms in total. The van der Waals surface area contributed by atoms with Gasteiger partial charge >= 0.3 is 18.2 Å². The second-order valence-electron chi connectivity index (χ2n) is 10.5. The average Bonchev–Trinajstić information content (AvgIpc) is 3.42. The van der Waals surface area contributed by atoms with Gasteiger partial charge in [-0.3, -0.25) is 24.7 Å². The number of carboxylic acids is 1. The molecule has 15 heteroatoms. The number of aryl methyl sites for hydroxylation is 2. The Hall–Kier alpha value is -5.73. The van der Waals surface area contributed by atoms with Crippen molar-refractivity contribution in [2.75, 3.05) is 31.6 Å². The van der Waals surface area contributed by atoms with Crippen LogP contribution in [0.1, 0.15) is 41.7 Å². The van der Waals surface area contributed by atoms with Crippen LogP contribution in [0.5, 0.6) is 0 Å². The summed E-state index contributed by atoms with van der Waals surface area (Å²) in [5.74, 6) is -2.13. The minimum atomic E-state index is -1.27. The highest BCUT2D eigenvalue weighted by Gasteiger charge is 2.22. The number of aromatic nitrogens is 4. The minimum Gasteiger partial charge on any atom is -0.480 e. The molecule has 2 aromatic carbocycles. The SMILES string of the molecule is CCCOC(=O)Nc1nc2c(ncn2CC(=O)N(CCNC(=O)OC(c2ccc(C)cc2)c2ccc(C)cc2)CC(=O)O)c(=O)[nH]1. The number of fused-ring (bicyclic) bond motifs is 1. The summed E-state index contributed by atoms with van der Waals surface area (Å²) in [7, 11) is 0. The third-order valence-corrected chi connectivity index (χ3v) is 6.75. The minimum absolute atomic E-state index is 0.0156. The lowest BCUT2D eigenvalue weighted by atomic mass is 9.99. The number of benzene rings is 2. The molecule has 0 fully saturated rings. The standard InChI is InChI=1S/C31H35N7O8/c1-4-15-45-31(44)36-29-34-27-25(28(42)35-29)33-18-38(27)16-23(39)37(17-24(40)41)14-13-32-30(43)46-26(21-9-5-19(2)6-10-21)22-11-7-20(3)8-12-22/h5-12,18,26H,4,13-17H2,1-3H3,(H,32,43)(H,40,41)(H2,34,35,36,42,44). The first-order valence-electron chi connectivity index (χ1n) is 14.5. The van der Waals surface area contributed by atoms with E-state index in [9.17, 15) is 29.1 Å². The molecule has 4 N–H and O–H groups in total. The summed E-state index contributed by atoms with van der Waals surface area (Å²) in [6.45, 7) is 4.55. The van der Waals surface area contributed by atoms with Crippen molar-refractivity contribution in [2.45, 2.75) is 39.8 Å². The number of carboxylic acid groups (broad SMARTS) is 1. The zero-order valence-corrected chi connectivity index (χ0v) is 25.6. The number of rotatable bonds is 13. The zero-order valence-electron chi connectivity index (χ0n) is 25.6. The Labute approximate surface area is 263 Å². The number of alkyl carbamates (subject to hydrolysis) is 1. The van der Waals surface area contributed by atoms with Gasteiger partial charge in [-0.15, -0.1) is 0 Å². The molecule has 2 heterocycles. The molecule has 0 atom stereocenters. The molecule has 46 heavy (non-hydrogen) atoms. The van der Waals surface area contributed by atoms with E-state index in [0.29, 0.717) is 6.42 Å². The van der Waals surface area contributed by atoms with Crippen LogP contribution in [0.3, 0.4) is 0 Å². The molecule has 0 aliphatic rings. The molecule has 0 aliphatic heterocycles. The van der Waals surface area contributed by atoms with Crippen molar-refractivity contribution in [3.05, 3.63) is 87.5 Å². The molecule has 4 rings (SSSR count). The molecule has 0 spiro atoms. The number of imidazole rings is 1. The monoisotopic (exact) mass is 633 g/mol. The van der Waals surface area contributed by atoms with Gasteiger partial charge in [-0.1, -0.05) is 66.6 Å². The van der Waals surface area contributed by atoms with Crippen LogP contribution in [0.2, 0.25) is 0 Å². The number of aromatic amines is 1. The number of aliphatic carboxylic acids is 1. The number of nitrogens with one attached hydrogen (secondary N) is 3. The van der Waals surface area contributed by atoms with Crippen molar-refractivity contribution in [3.63, 3.8) is 0 Å². The first kappa shape index (κ1) is 33.2. The van der Waals surface area contributed by atoms with Crippen LogP contribution in [-0.2, 0) is 25.6 Å². The second kappa shape index (κ2) is 15.3. The van der Waals surface area contributed by atoms with Gasteiger partial charge in [0.1, 0.15) is 13.1 Å². The predicted octanol–water partition coefficient (Wildman–Crippen LogP) is 3.12. The van der Waals surface area contributed by atoms with Crippen LogP contribution >= 0.6 is 0 Å². The lowest BCUT2D eigenvalue weighted by Crippen LogP contribution is -2.43. The van der Waals surface area contributed by atoms with E-state index < -0.39 is 48.8 Å². The highest BCUT2D eigenvalue weighted by molar-refractivity contribution is 5.85. The molecule has 3 amide bonds. The molecule has 0 aliphatic carbocycles. The van der Waals surface area contributed by atoms with E-state index in [1.54, 1.807) is 0 Å². The fraction of sp³-hybridized carbons (Fsp3) is 0.323.